The van der Waals surface area contributed by atoms with Gasteiger partial charge in [0.05, 0.1) is 82.6 Å². The van der Waals surface area contributed by atoms with Gasteiger partial charge in [0.25, 0.3) is 0 Å². The number of carboxylic acids is 1. The summed E-state index contributed by atoms with van der Waals surface area (Å²) < 4.78 is 95.0. The number of hydrogen-bond acceptors (Lipinski definition) is 41. The number of ether oxygens (including phenoxy) is 16. The van der Waals surface area contributed by atoms with Crippen LogP contribution in [0.2, 0.25) is 0 Å². The number of aldehydes is 1. The summed E-state index contributed by atoms with van der Waals surface area (Å²) >= 11 is 0. The third kappa shape index (κ3) is 16.6. The summed E-state index contributed by atoms with van der Waals surface area (Å²) in [5, 5.41) is 244. The molecule has 23 N–H and O–H groups in total. The predicted molar refractivity (Wildman–Crippen MR) is 388 cm³/mol. The van der Waals surface area contributed by atoms with E-state index in [2.05, 4.69) is 32.2 Å². The van der Waals surface area contributed by atoms with E-state index in [4.69, 9.17) is 75.8 Å². The highest BCUT2D eigenvalue weighted by atomic mass is 16.8. The maximum absolute atomic E-state index is 16.1. The second-order valence-corrected chi connectivity index (χ2v) is 36.8. The molecule has 8 heterocycles. The zero-order chi connectivity index (χ0) is 87.5. The number of carbonyl (C=O) groups is 4. The van der Waals surface area contributed by atoms with Gasteiger partial charge in [-0.3, -0.25) is 9.59 Å². The van der Waals surface area contributed by atoms with E-state index in [0.717, 1.165) is 11.9 Å². The van der Waals surface area contributed by atoms with Crippen molar-refractivity contribution in [2.45, 2.75) is 333 Å². The number of rotatable bonds is 25. The molecule has 19 unspecified atom stereocenters. The topological polar surface area (TPSA) is 673 Å². The first-order valence-corrected chi connectivity index (χ1v) is 41.0. The van der Waals surface area contributed by atoms with Crippen molar-refractivity contribution in [3.8, 4) is 0 Å². The summed E-state index contributed by atoms with van der Waals surface area (Å²) in [5.41, 5.74) is -7.52. The number of fused-ring (bicyclic) bond motifs is 7. The van der Waals surface area contributed by atoms with Gasteiger partial charge in [-0.25, -0.2) is 4.79 Å². The minimum atomic E-state index is -2.25. The van der Waals surface area contributed by atoms with E-state index in [1.165, 1.54) is 6.92 Å². The fourth-order valence-electron chi connectivity index (χ4n) is 21.9. The number of esters is 1. The minimum absolute atomic E-state index is 0.0303. The number of carbonyl (C=O) groups excluding carboxylic acids is 3. The summed E-state index contributed by atoms with van der Waals surface area (Å²) in [5.74, 6) is -5.43. The van der Waals surface area contributed by atoms with Crippen molar-refractivity contribution in [3.63, 3.8) is 0 Å². The van der Waals surface area contributed by atoms with Gasteiger partial charge in [-0.1, -0.05) is 53.2 Å². The summed E-state index contributed by atoms with van der Waals surface area (Å²) in [4.78, 5) is 57.4. The summed E-state index contributed by atoms with van der Waals surface area (Å²) in [6.45, 7) is 6.41. The zero-order valence-corrected chi connectivity index (χ0v) is 67.4. The van der Waals surface area contributed by atoms with Crippen LogP contribution in [-0.4, -0.2) is 423 Å². The van der Waals surface area contributed by atoms with Crippen molar-refractivity contribution < 1.29 is 207 Å². The van der Waals surface area contributed by atoms with Crippen LogP contribution in [0.1, 0.15) is 106 Å². The van der Waals surface area contributed by atoms with Crippen molar-refractivity contribution in [3.05, 3.63) is 11.6 Å². The lowest BCUT2D eigenvalue weighted by Crippen LogP contribution is -2.70. The third-order valence-corrected chi connectivity index (χ3v) is 29.2. The van der Waals surface area contributed by atoms with E-state index in [9.17, 15) is 127 Å². The lowest BCUT2D eigenvalue weighted by molar-refractivity contribution is -0.391. The Morgan fingerprint density at radius 1 is 0.533 bits per heavy atom. The van der Waals surface area contributed by atoms with E-state index < -0.39 is 348 Å². The Morgan fingerprint density at radius 3 is 1.78 bits per heavy atom. The number of nitrogens with one attached hydrogen (secondary N) is 1. The average molecular weight is 1730 g/mol. The maximum Gasteiger partial charge on any atom is 0.335 e. The van der Waals surface area contributed by atoms with Crippen LogP contribution >= 0.6 is 0 Å². The Hall–Kier alpha value is -3.62. The molecule has 0 bridgehead atoms. The quantitative estimate of drug-likeness (QED) is 0.0175. The van der Waals surface area contributed by atoms with Crippen LogP contribution in [0, 0.1) is 50.2 Å². The first-order valence-electron chi connectivity index (χ1n) is 41.0. The van der Waals surface area contributed by atoms with E-state index >= 15 is 4.79 Å². The van der Waals surface area contributed by atoms with Crippen LogP contribution < -0.4 is 5.32 Å². The molecule has 43 heteroatoms. The fourth-order valence-corrected chi connectivity index (χ4v) is 21.9. The molecule has 0 radical (unpaired) electrons. The monoisotopic (exact) mass is 1730 g/mol. The minimum Gasteiger partial charge on any atom is -0.479 e. The summed E-state index contributed by atoms with van der Waals surface area (Å²) in [6.07, 6.45) is -57.6. The van der Waals surface area contributed by atoms with Crippen molar-refractivity contribution in [1.29, 1.82) is 0 Å². The molecule has 4 saturated carbocycles. The molecular formula is C77H121NO42. The normalized spacial score (nSPS) is 52.7. The number of aliphatic hydroxyl groups excluding tert-OH is 20. The molecule has 8 saturated heterocycles. The van der Waals surface area contributed by atoms with Gasteiger partial charge in [-0.2, -0.15) is 0 Å². The SMILES string of the molecule is C[C@H]1O[C@@H](COC2C(O)[C@@H](NC(=O)CO[C@@H]3O[C@@H](CO)C(O)C3O)C(CO)O[C@H]2OC(=O)[C@]23CCC(C)(C)CC2C2=CCC4C5(C)CC[C@H](O[C@@H]6OC(C(=O)O)[C@@H](O)[C@H](O[C@@H]7OC[C@@H](O)[C@H](O)C7O)C6O[C@@H]6OC(CO)[C@H](O)[C@H](O)C6O)[C@](C)(C=O)[C@@H]5CC[C@]4(C)[C@]2(C)CC3O)C(O)C(O)[C@H]1O[C@@H]1OC[C@@H](O)C(O[C@@H]2OC[C@@](O)(CO)C2O)C1O. The largest absolute Gasteiger partial charge is 0.479 e. The van der Waals surface area contributed by atoms with Gasteiger partial charge >= 0.3 is 11.9 Å². The molecule has 686 valence electrons. The van der Waals surface area contributed by atoms with Crippen LogP contribution in [0.5, 0.6) is 0 Å². The van der Waals surface area contributed by atoms with Crippen LogP contribution in [0.4, 0.5) is 0 Å². The van der Waals surface area contributed by atoms with Crippen LogP contribution in [0.15, 0.2) is 11.6 Å². The van der Waals surface area contributed by atoms with Crippen LogP contribution in [0.25, 0.3) is 0 Å². The number of hydrogen-bond donors (Lipinski definition) is 23. The second-order valence-electron chi connectivity index (χ2n) is 36.8. The average Bonchev–Trinajstić information content (AvgIpc) is 0.694. The zero-order valence-electron chi connectivity index (χ0n) is 67.4. The first-order chi connectivity index (χ1) is 56.5. The third-order valence-electron chi connectivity index (χ3n) is 29.2. The smallest absolute Gasteiger partial charge is 0.335 e. The molecule has 0 aromatic heterocycles. The molecule has 12 fully saturated rings. The lowest BCUT2D eigenvalue weighted by Gasteiger charge is -2.71. The van der Waals surface area contributed by atoms with E-state index in [0.29, 0.717) is 38.5 Å². The fraction of sp³-hybridized carbons (Fsp3) is 0.922. The van der Waals surface area contributed by atoms with Crippen molar-refractivity contribution in [2.75, 3.05) is 59.5 Å². The number of amides is 1. The van der Waals surface area contributed by atoms with E-state index in [-0.39, 0.29) is 25.2 Å². The Balaban J connectivity index is 0.755. The van der Waals surface area contributed by atoms with Crippen molar-refractivity contribution in [1.82, 2.24) is 5.32 Å². The van der Waals surface area contributed by atoms with Crippen molar-refractivity contribution in [2.24, 2.45) is 50.2 Å². The summed E-state index contributed by atoms with van der Waals surface area (Å²) in [7, 11) is 0. The van der Waals surface area contributed by atoms with Gasteiger partial charge in [0.15, 0.2) is 43.8 Å². The Bertz CT molecular complexity index is 3570. The molecule has 0 aromatic rings. The van der Waals surface area contributed by atoms with Gasteiger partial charge in [0.1, 0.15) is 170 Å². The van der Waals surface area contributed by atoms with Gasteiger partial charge in [0, 0.05) is 0 Å². The Labute approximate surface area is 688 Å². The maximum atomic E-state index is 16.1. The van der Waals surface area contributed by atoms with Crippen LogP contribution in [-0.2, 0) is 95.0 Å². The molecule has 1 amide bonds. The summed E-state index contributed by atoms with van der Waals surface area (Å²) in [6, 6.07) is -1.67. The first kappa shape index (κ1) is 94.0. The molecule has 0 aromatic carbocycles. The molecular weight excluding hydrogens is 1610 g/mol. The number of allylic oxidation sites excluding steroid dienone is 2. The molecule has 13 aliphatic rings. The lowest BCUT2D eigenvalue weighted by atomic mass is 9.33. The highest BCUT2D eigenvalue weighted by molar-refractivity contribution is 5.80. The molecule has 13 rings (SSSR count). The molecule has 5 aliphatic carbocycles. The molecule has 120 heavy (non-hydrogen) atoms. The highest BCUT2D eigenvalue weighted by Crippen LogP contribution is 2.76. The molecule has 8 aliphatic heterocycles. The molecule has 0 spiro atoms. The van der Waals surface area contributed by atoms with Crippen LogP contribution in [0.3, 0.4) is 0 Å². The van der Waals surface area contributed by atoms with Gasteiger partial charge in [-0.05, 0) is 104 Å². The van der Waals surface area contributed by atoms with Gasteiger partial charge in [0.2, 0.25) is 12.2 Å². The predicted octanol–water partition coefficient (Wildman–Crippen LogP) is -9.75. The number of aliphatic hydroxyl groups is 21. The van der Waals surface area contributed by atoms with E-state index in [1.54, 1.807) is 6.92 Å². The van der Waals surface area contributed by atoms with Gasteiger partial charge < -0.3 is 198 Å². The molecule has 43 nitrogen and oxygen atoms in total. The number of carboxylic acid groups (broad SMARTS) is 1. The Kier molecular flexibility index (Phi) is 28.3. The number of aliphatic carboxylic acids is 1. The highest BCUT2D eigenvalue weighted by Gasteiger charge is 2.73. The van der Waals surface area contributed by atoms with Gasteiger partial charge in [-0.15, -0.1) is 0 Å². The standard InChI is InChI=1S/C77H121NO42/c1-28-55(115-65-54(99)56(32(85)22-107-65)116-69-61(100)76(104,26-83)27-109-69)49(94)46(91)36(110-28)23-105-59-47(92)42(78-41(87)24-108-63-51(96)45(90)35(20-81)112-63)33(18-79)111-67(59)120-70(103)77-15-14-71(2,3)16-30(77)29-8-9-38-72(4)12-11-40(73(5,25-82)37(72)10-13-74(38,6)75(29,7)17-39(77)86)114-68-60(119-66-52(97)48(93)44(89)34(19-80)113-66)57(53(98)58(118-68)62(101)102)117-64-50(95)43(88)31(84)21-106-64/h8,25,28,30-40,42-61,63-69,79-81,83-86,88-100,104H,9-24,26-27H2,1-7H3,(H,78,87)(H,101,102)/t28-,30?,31-,32-,33?,34?,35+,36+,37-,38?,39?,40+,42+,43+,44+,45?,46?,47?,48+,49?,50?,51?,52?,53+,54?,55+,56?,57+,58?,59?,60?,61?,63-,64+,65+,66+,67+,68-,69+,72?,73-,74+,75-,76+,77-/m1/s1. The van der Waals surface area contributed by atoms with Crippen molar-refractivity contribution >= 4 is 24.1 Å². The second kappa shape index (κ2) is 36.1. The van der Waals surface area contributed by atoms with E-state index in [1.807, 2.05) is 13.8 Å². The molecule has 45 atom stereocenters. The Morgan fingerprint density at radius 2 is 1.13 bits per heavy atom.